The summed E-state index contributed by atoms with van der Waals surface area (Å²) in [5.41, 5.74) is 3.04. The zero-order valence-electron chi connectivity index (χ0n) is 15.5. The van der Waals surface area contributed by atoms with Gasteiger partial charge in [0.05, 0.1) is 16.6 Å². The minimum Gasteiger partial charge on any atom is -0.343 e. The highest BCUT2D eigenvalue weighted by Gasteiger charge is 2.28. The Labute approximate surface area is 147 Å². The summed E-state index contributed by atoms with van der Waals surface area (Å²) < 4.78 is 1.72. The van der Waals surface area contributed by atoms with Gasteiger partial charge in [-0.25, -0.2) is 4.98 Å². The Hall–Kier alpha value is -2.44. The molecule has 0 atom stereocenters. The Morgan fingerprint density at radius 1 is 1.24 bits per heavy atom. The molecule has 1 saturated heterocycles. The number of pyridine rings is 1. The predicted octanol–water partition coefficient (Wildman–Crippen LogP) is 1.67. The third-order valence-corrected chi connectivity index (χ3v) is 5.12. The number of hydrogen-bond acceptors (Lipinski definition) is 4. The molecule has 7 nitrogen and oxygen atoms in total. The summed E-state index contributed by atoms with van der Waals surface area (Å²) in [5.74, 6) is 0.0951. The average Bonchev–Trinajstić information content (AvgIpc) is 2.87. The molecule has 3 rings (SSSR count). The standard InChI is InChI=1S/C18H25N5O2/c1-11-10-15(16-12(2)20-22(5)17(16)19-11)18(25)23-8-6-14(7-9-23)21(4)13(3)24/h10,14H,6-9H2,1-5H3. The van der Waals surface area contributed by atoms with E-state index in [1.54, 1.807) is 16.5 Å². The zero-order chi connectivity index (χ0) is 18.3. The minimum absolute atomic E-state index is 0.0236. The number of fused-ring (bicyclic) bond motifs is 1. The third kappa shape index (κ3) is 3.10. The first-order valence-corrected chi connectivity index (χ1v) is 8.63. The molecule has 7 heteroatoms. The lowest BCUT2D eigenvalue weighted by Crippen LogP contribution is -2.46. The number of aromatic nitrogens is 3. The number of amides is 2. The van der Waals surface area contributed by atoms with Gasteiger partial charge in [0.25, 0.3) is 5.91 Å². The maximum absolute atomic E-state index is 13.1. The van der Waals surface area contributed by atoms with Gasteiger partial charge in [0.15, 0.2) is 5.65 Å². The van der Waals surface area contributed by atoms with Gasteiger partial charge in [0.1, 0.15) is 0 Å². The molecule has 1 aliphatic rings. The van der Waals surface area contributed by atoms with Crippen molar-refractivity contribution in [3.63, 3.8) is 0 Å². The van der Waals surface area contributed by atoms with Crippen molar-refractivity contribution in [2.75, 3.05) is 20.1 Å². The lowest BCUT2D eigenvalue weighted by molar-refractivity contribution is -0.130. The Morgan fingerprint density at radius 2 is 1.88 bits per heavy atom. The van der Waals surface area contributed by atoms with E-state index < -0.39 is 0 Å². The lowest BCUT2D eigenvalue weighted by atomic mass is 10.0. The molecule has 25 heavy (non-hydrogen) atoms. The third-order valence-electron chi connectivity index (χ3n) is 5.12. The summed E-state index contributed by atoms with van der Waals surface area (Å²) in [6.45, 7) is 6.70. The smallest absolute Gasteiger partial charge is 0.254 e. The summed E-state index contributed by atoms with van der Waals surface area (Å²) in [4.78, 5) is 32.8. The SMILES string of the molecule is CC(=O)N(C)C1CCN(C(=O)c2cc(C)nc3c2c(C)nn3C)CC1. The molecule has 1 aliphatic heterocycles. The van der Waals surface area contributed by atoms with Crippen LogP contribution in [0.2, 0.25) is 0 Å². The molecule has 2 amide bonds. The van der Waals surface area contributed by atoms with Crippen molar-refractivity contribution < 1.29 is 9.59 Å². The van der Waals surface area contributed by atoms with E-state index in [1.807, 2.05) is 38.9 Å². The van der Waals surface area contributed by atoms with E-state index in [9.17, 15) is 9.59 Å². The number of nitrogens with zero attached hydrogens (tertiary/aromatic N) is 5. The van der Waals surface area contributed by atoms with Gasteiger partial charge in [0.2, 0.25) is 5.91 Å². The summed E-state index contributed by atoms with van der Waals surface area (Å²) in [5, 5.41) is 5.25. The predicted molar refractivity (Wildman–Crippen MR) is 95.4 cm³/mol. The van der Waals surface area contributed by atoms with Gasteiger partial charge in [-0.3, -0.25) is 14.3 Å². The molecule has 0 unspecified atom stereocenters. The zero-order valence-corrected chi connectivity index (χ0v) is 15.5. The molecule has 0 radical (unpaired) electrons. The van der Waals surface area contributed by atoms with Crippen LogP contribution in [0.5, 0.6) is 0 Å². The number of carbonyl (C=O) groups is 2. The maximum atomic E-state index is 13.1. The Morgan fingerprint density at radius 3 is 2.48 bits per heavy atom. The molecule has 0 spiro atoms. The van der Waals surface area contributed by atoms with E-state index in [0.29, 0.717) is 18.7 Å². The number of piperidine rings is 1. The summed E-state index contributed by atoms with van der Waals surface area (Å²) in [6, 6.07) is 2.06. The van der Waals surface area contributed by atoms with E-state index in [-0.39, 0.29) is 17.9 Å². The number of hydrogen-bond donors (Lipinski definition) is 0. The van der Waals surface area contributed by atoms with E-state index >= 15 is 0 Å². The van der Waals surface area contributed by atoms with Crippen molar-refractivity contribution in [3.05, 3.63) is 23.0 Å². The molecule has 0 N–H and O–H groups in total. The van der Waals surface area contributed by atoms with Gasteiger partial charge in [-0.05, 0) is 32.8 Å². The molecule has 1 fully saturated rings. The monoisotopic (exact) mass is 343 g/mol. The lowest BCUT2D eigenvalue weighted by Gasteiger charge is -2.36. The van der Waals surface area contributed by atoms with Crippen molar-refractivity contribution in [2.24, 2.45) is 7.05 Å². The van der Waals surface area contributed by atoms with Crippen molar-refractivity contribution in [3.8, 4) is 0 Å². The van der Waals surface area contributed by atoms with Crippen LogP contribution in [0.15, 0.2) is 6.07 Å². The maximum Gasteiger partial charge on any atom is 0.254 e. The molecule has 0 aliphatic carbocycles. The second-order valence-corrected chi connectivity index (χ2v) is 6.87. The summed E-state index contributed by atoms with van der Waals surface area (Å²) >= 11 is 0. The quantitative estimate of drug-likeness (QED) is 0.831. The van der Waals surface area contributed by atoms with E-state index in [0.717, 1.165) is 35.3 Å². The van der Waals surface area contributed by atoms with Crippen molar-refractivity contribution in [1.29, 1.82) is 0 Å². The number of rotatable bonds is 2. The minimum atomic E-state index is 0.0236. The molecule has 0 aromatic carbocycles. The van der Waals surface area contributed by atoms with Crippen LogP contribution in [0.4, 0.5) is 0 Å². The molecule has 0 saturated carbocycles. The van der Waals surface area contributed by atoms with E-state index in [4.69, 9.17) is 0 Å². The first-order chi connectivity index (χ1) is 11.8. The fourth-order valence-corrected chi connectivity index (χ4v) is 3.62. The van der Waals surface area contributed by atoms with Crippen LogP contribution in [-0.4, -0.2) is 62.6 Å². The first-order valence-electron chi connectivity index (χ1n) is 8.63. The van der Waals surface area contributed by atoms with Crippen molar-refractivity contribution in [1.82, 2.24) is 24.6 Å². The average molecular weight is 343 g/mol. The van der Waals surface area contributed by atoms with E-state index in [1.165, 1.54) is 0 Å². The molecule has 2 aromatic rings. The Balaban J connectivity index is 1.85. The van der Waals surface area contributed by atoms with Crippen LogP contribution in [-0.2, 0) is 11.8 Å². The Bertz CT molecular complexity index is 834. The van der Waals surface area contributed by atoms with Crippen LogP contribution in [0.1, 0.15) is 41.5 Å². The number of likely N-dealkylation sites (tertiary alicyclic amines) is 1. The molecular weight excluding hydrogens is 318 g/mol. The van der Waals surface area contributed by atoms with Crippen LogP contribution >= 0.6 is 0 Å². The summed E-state index contributed by atoms with van der Waals surface area (Å²) in [7, 11) is 3.68. The van der Waals surface area contributed by atoms with Crippen molar-refractivity contribution >= 4 is 22.8 Å². The van der Waals surface area contributed by atoms with Gasteiger partial charge in [-0.2, -0.15) is 5.10 Å². The van der Waals surface area contributed by atoms with Gasteiger partial charge in [0, 0.05) is 45.8 Å². The second-order valence-electron chi connectivity index (χ2n) is 6.87. The van der Waals surface area contributed by atoms with Gasteiger partial charge in [-0.15, -0.1) is 0 Å². The normalized spacial score (nSPS) is 15.6. The summed E-state index contributed by atoms with van der Waals surface area (Å²) in [6.07, 6.45) is 1.61. The van der Waals surface area contributed by atoms with Crippen LogP contribution in [0.25, 0.3) is 11.0 Å². The molecule has 134 valence electrons. The fraction of sp³-hybridized carbons (Fsp3) is 0.556. The molecule has 3 heterocycles. The highest BCUT2D eigenvalue weighted by Crippen LogP contribution is 2.25. The Kier molecular flexibility index (Phi) is 4.49. The van der Waals surface area contributed by atoms with Gasteiger partial charge < -0.3 is 9.80 Å². The van der Waals surface area contributed by atoms with Crippen LogP contribution < -0.4 is 0 Å². The number of aryl methyl sites for hydroxylation is 3. The fourth-order valence-electron chi connectivity index (χ4n) is 3.62. The second kappa shape index (κ2) is 6.46. The highest BCUT2D eigenvalue weighted by atomic mass is 16.2. The topological polar surface area (TPSA) is 71.3 Å². The molecule has 2 aromatic heterocycles. The first kappa shape index (κ1) is 17.4. The van der Waals surface area contributed by atoms with Gasteiger partial charge >= 0.3 is 0 Å². The highest BCUT2D eigenvalue weighted by molar-refractivity contribution is 6.06. The van der Waals surface area contributed by atoms with Crippen LogP contribution in [0.3, 0.4) is 0 Å². The molecular formula is C18H25N5O2. The largest absolute Gasteiger partial charge is 0.343 e. The van der Waals surface area contributed by atoms with E-state index in [2.05, 4.69) is 10.1 Å². The molecule has 0 bridgehead atoms. The van der Waals surface area contributed by atoms with Crippen LogP contribution in [0, 0.1) is 13.8 Å². The van der Waals surface area contributed by atoms with Gasteiger partial charge in [-0.1, -0.05) is 0 Å². The number of carbonyl (C=O) groups excluding carboxylic acids is 2. The van der Waals surface area contributed by atoms with Crippen molar-refractivity contribution in [2.45, 2.75) is 39.7 Å².